The zero-order valence-electron chi connectivity index (χ0n) is 16.9. The minimum Gasteiger partial charge on any atom is -0.388 e. The van der Waals surface area contributed by atoms with Crippen molar-refractivity contribution in [2.45, 2.75) is 50.8 Å². The molecular formula is C22H25NO7. The fourth-order valence-corrected chi connectivity index (χ4v) is 3.98. The van der Waals surface area contributed by atoms with Crippen molar-refractivity contribution >= 4 is 11.8 Å². The molecule has 0 bridgehead atoms. The molecular weight excluding hydrogens is 390 g/mol. The highest BCUT2D eigenvalue weighted by molar-refractivity contribution is 6.19. The second-order valence-electron chi connectivity index (χ2n) is 7.55. The first kappa shape index (κ1) is 20.9. The zero-order chi connectivity index (χ0) is 21.4. The Balaban J connectivity index is 1.62. The van der Waals surface area contributed by atoms with E-state index in [1.165, 1.54) is 6.08 Å². The van der Waals surface area contributed by atoms with Crippen LogP contribution in [-0.4, -0.2) is 65.7 Å². The number of aliphatic hydroxyl groups is 1. The van der Waals surface area contributed by atoms with E-state index >= 15 is 0 Å². The van der Waals surface area contributed by atoms with Crippen molar-refractivity contribution in [3.8, 4) is 0 Å². The van der Waals surface area contributed by atoms with Gasteiger partial charge in [0.15, 0.2) is 12.6 Å². The first-order valence-corrected chi connectivity index (χ1v) is 9.87. The first-order valence-electron chi connectivity index (χ1n) is 9.87. The number of ether oxygens (including phenoxy) is 4. The van der Waals surface area contributed by atoms with Gasteiger partial charge < -0.3 is 24.1 Å². The van der Waals surface area contributed by atoms with Gasteiger partial charge in [0, 0.05) is 16.7 Å². The maximum absolute atomic E-state index is 12.8. The van der Waals surface area contributed by atoms with Crippen LogP contribution in [-0.2, 0) is 28.5 Å². The van der Waals surface area contributed by atoms with Crippen LogP contribution in [0.3, 0.4) is 0 Å². The van der Waals surface area contributed by atoms with Gasteiger partial charge in [0.1, 0.15) is 24.4 Å². The van der Waals surface area contributed by atoms with E-state index in [0.29, 0.717) is 11.1 Å². The highest BCUT2D eigenvalue weighted by atomic mass is 16.7. The molecule has 8 nitrogen and oxygen atoms in total. The lowest BCUT2D eigenvalue weighted by atomic mass is 9.94. The summed E-state index contributed by atoms with van der Waals surface area (Å²) in [6, 6.07) is 8.27. The van der Waals surface area contributed by atoms with Crippen molar-refractivity contribution in [1.82, 2.24) is 4.90 Å². The number of fused-ring (bicyclic) bond motifs is 1. The summed E-state index contributed by atoms with van der Waals surface area (Å²) in [4.78, 5) is 26.6. The van der Waals surface area contributed by atoms with Crippen LogP contribution in [0.4, 0.5) is 0 Å². The lowest BCUT2D eigenvalue weighted by Gasteiger charge is -2.49. The Hall–Kier alpha value is -2.36. The summed E-state index contributed by atoms with van der Waals surface area (Å²) in [5.41, 5.74) is 1.48. The van der Waals surface area contributed by atoms with Gasteiger partial charge in [-0.1, -0.05) is 36.4 Å². The molecule has 6 atom stereocenters. The second kappa shape index (κ2) is 8.41. The molecule has 1 aromatic rings. The van der Waals surface area contributed by atoms with Crippen LogP contribution in [0.2, 0.25) is 0 Å². The normalized spacial score (nSPS) is 34.3. The van der Waals surface area contributed by atoms with E-state index in [0.717, 1.165) is 10.5 Å². The fourth-order valence-electron chi connectivity index (χ4n) is 3.98. The van der Waals surface area contributed by atoms with E-state index in [2.05, 4.69) is 6.58 Å². The molecule has 3 heterocycles. The van der Waals surface area contributed by atoms with Crippen molar-refractivity contribution in [2.24, 2.45) is 0 Å². The van der Waals surface area contributed by atoms with E-state index in [-0.39, 0.29) is 13.2 Å². The molecule has 0 radical (unpaired) electrons. The number of carbonyl (C=O) groups is 2. The molecule has 2 amide bonds. The number of carbonyl (C=O) groups excluding carboxylic acids is 2. The Bertz CT molecular complexity index is 843. The van der Waals surface area contributed by atoms with Crippen LogP contribution in [0.15, 0.2) is 54.1 Å². The van der Waals surface area contributed by atoms with Crippen LogP contribution in [0, 0.1) is 0 Å². The Morgan fingerprint density at radius 3 is 2.47 bits per heavy atom. The Labute approximate surface area is 174 Å². The van der Waals surface area contributed by atoms with E-state index in [4.69, 9.17) is 18.9 Å². The van der Waals surface area contributed by atoms with E-state index in [9.17, 15) is 14.7 Å². The third kappa shape index (κ3) is 3.51. The predicted octanol–water partition coefficient (Wildman–Crippen LogP) is 1.46. The van der Waals surface area contributed by atoms with Gasteiger partial charge in [-0.15, -0.1) is 6.58 Å². The van der Waals surface area contributed by atoms with E-state index < -0.39 is 48.7 Å². The van der Waals surface area contributed by atoms with Crippen molar-refractivity contribution in [3.05, 3.63) is 59.7 Å². The number of imide groups is 1. The predicted molar refractivity (Wildman–Crippen MR) is 105 cm³/mol. The lowest BCUT2D eigenvalue weighted by Crippen LogP contribution is -2.67. The highest BCUT2D eigenvalue weighted by Gasteiger charge is 2.55. The molecule has 0 saturated carbocycles. The van der Waals surface area contributed by atoms with Gasteiger partial charge in [-0.05, 0) is 13.8 Å². The smallest absolute Gasteiger partial charge is 0.257 e. The van der Waals surface area contributed by atoms with Gasteiger partial charge in [-0.3, -0.25) is 14.5 Å². The lowest BCUT2D eigenvalue weighted by molar-refractivity contribution is -0.349. The summed E-state index contributed by atoms with van der Waals surface area (Å²) in [5, 5.41) is 11.2. The molecule has 2 fully saturated rings. The molecule has 3 aliphatic heterocycles. The first-order chi connectivity index (χ1) is 14.4. The van der Waals surface area contributed by atoms with Gasteiger partial charge in [0.05, 0.1) is 13.2 Å². The van der Waals surface area contributed by atoms with Crippen molar-refractivity contribution < 1.29 is 33.6 Å². The van der Waals surface area contributed by atoms with Crippen molar-refractivity contribution in [2.75, 3.05) is 13.2 Å². The Morgan fingerprint density at radius 2 is 1.83 bits per heavy atom. The molecule has 0 aromatic heterocycles. The standard InChI is InChI=1S/C22H25NO7/c1-4-10-27-22-16(23-19(25)12(2)13(3)20(23)26)17(24)18-15(29-22)11-28-21(30-18)14-8-6-5-7-9-14/h4-9,15-18,21-22,24H,1,10-11H2,2-3H3/t15-,16-,17-,18-,21-,22-/m1/s1. The number of amides is 2. The molecule has 0 unspecified atom stereocenters. The van der Waals surface area contributed by atoms with Gasteiger partial charge in [-0.25, -0.2) is 0 Å². The minimum absolute atomic E-state index is 0.126. The van der Waals surface area contributed by atoms with Crippen molar-refractivity contribution in [1.29, 1.82) is 0 Å². The van der Waals surface area contributed by atoms with Gasteiger partial charge in [0.2, 0.25) is 0 Å². The molecule has 8 heteroatoms. The van der Waals surface area contributed by atoms with Gasteiger partial charge >= 0.3 is 0 Å². The number of hydrogen-bond donors (Lipinski definition) is 1. The zero-order valence-corrected chi connectivity index (χ0v) is 16.9. The summed E-state index contributed by atoms with van der Waals surface area (Å²) in [6.45, 7) is 7.09. The summed E-state index contributed by atoms with van der Waals surface area (Å²) in [6.07, 6.45) is -2.84. The molecule has 30 heavy (non-hydrogen) atoms. The number of aliphatic hydroxyl groups excluding tert-OH is 1. The number of benzene rings is 1. The second-order valence-corrected chi connectivity index (χ2v) is 7.55. The monoisotopic (exact) mass is 415 g/mol. The van der Waals surface area contributed by atoms with Crippen molar-refractivity contribution in [3.63, 3.8) is 0 Å². The SMILES string of the molecule is C=CCO[C@@H]1O[C@@H]2CO[C@@H](c3ccccc3)O[C@H]2[C@H](O)[C@H]1N1C(=O)C(C)=C(C)C1=O. The Kier molecular flexibility index (Phi) is 5.86. The molecule has 1 N–H and O–H groups in total. The van der Waals surface area contributed by atoms with Crippen LogP contribution in [0.25, 0.3) is 0 Å². The average molecular weight is 415 g/mol. The third-order valence-electron chi connectivity index (χ3n) is 5.72. The highest BCUT2D eigenvalue weighted by Crippen LogP contribution is 2.37. The molecule has 2 saturated heterocycles. The molecule has 3 aliphatic rings. The van der Waals surface area contributed by atoms with Crippen LogP contribution < -0.4 is 0 Å². The molecule has 160 valence electrons. The molecule has 0 aliphatic carbocycles. The van der Waals surface area contributed by atoms with Crippen LogP contribution in [0.5, 0.6) is 0 Å². The number of nitrogens with zero attached hydrogens (tertiary/aromatic N) is 1. The fraction of sp³-hybridized carbons (Fsp3) is 0.455. The summed E-state index contributed by atoms with van der Waals surface area (Å²) < 4.78 is 23.5. The summed E-state index contributed by atoms with van der Waals surface area (Å²) in [5.74, 6) is -0.940. The number of rotatable bonds is 5. The van der Waals surface area contributed by atoms with Gasteiger partial charge in [-0.2, -0.15) is 0 Å². The maximum atomic E-state index is 12.8. The Morgan fingerprint density at radius 1 is 1.17 bits per heavy atom. The third-order valence-corrected chi connectivity index (χ3v) is 5.72. The van der Waals surface area contributed by atoms with Crippen LogP contribution in [0.1, 0.15) is 25.7 Å². The molecule has 0 spiro atoms. The van der Waals surface area contributed by atoms with Gasteiger partial charge in [0.25, 0.3) is 11.8 Å². The summed E-state index contributed by atoms with van der Waals surface area (Å²) >= 11 is 0. The summed E-state index contributed by atoms with van der Waals surface area (Å²) in [7, 11) is 0. The molecule has 4 rings (SSSR count). The van der Waals surface area contributed by atoms with E-state index in [1.807, 2.05) is 30.3 Å². The number of hydrogen-bond acceptors (Lipinski definition) is 7. The topological polar surface area (TPSA) is 94.5 Å². The van der Waals surface area contributed by atoms with E-state index in [1.54, 1.807) is 13.8 Å². The largest absolute Gasteiger partial charge is 0.388 e. The van der Waals surface area contributed by atoms with Crippen LogP contribution >= 0.6 is 0 Å². The maximum Gasteiger partial charge on any atom is 0.257 e. The minimum atomic E-state index is -1.22. The molecule has 1 aromatic carbocycles. The average Bonchev–Trinajstić information content (AvgIpc) is 2.96. The quantitative estimate of drug-likeness (QED) is 0.575.